The van der Waals surface area contributed by atoms with Crippen molar-refractivity contribution in [3.05, 3.63) is 34.0 Å². The van der Waals surface area contributed by atoms with Crippen molar-refractivity contribution in [1.29, 1.82) is 0 Å². The summed E-state index contributed by atoms with van der Waals surface area (Å²) in [5.74, 6) is -0.125. The Morgan fingerprint density at radius 2 is 1.56 bits per heavy atom. The topological polar surface area (TPSA) is 44.8 Å². The Balaban J connectivity index is 5.98. The van der Waals surface area contributed by atoms with Crippen LogP contribution in [0.4, 0.5) is 0 Å². The Morgan fingerprint density at radius 3 is 1.97 bits per heavy atom. The summed E-state index contributed by atoms with van der Waals surface area (Å²) in [7, 11) is -2.05. The van der Waals surface area contributed by atoms with Gasteiger partial charge in [0.05, 0.1) is 18.3 Å². The Hall–Kier alpha value is -0.0662. The first kappa shape index (κ1) is 35.9. The van der Waals surface area contributed by atoms with Gasteiger partial charge in [-0.1, -0.05) is 108 Å². The highest BCUT2D eigenvalue weighted by Crippen LogP contribution is 2.38. The van der Waals surface area contributed by atoms with Gasteiger partial charge in [-0.2, -0.15) is 0 Å². The first-order valence-electron chi connectivity index (χ1n) is 13.6. The van der Waals surface area contributed by atoms with Gasteiger partial charge in [-0.3, -0.25) is 0 Å². The van der Waals surface area contributed by atoms with E-state index in [1.807, 2.05) is 17.1 Å². The predicted molar refractivity (Wildman–Crippen MR) is 170 cm³/mol. The van der Waals surface area contributed by atoms with Crippen LogP contribution in [0.5, 0.6) is 0 Å². The lowest BCUT2D eigenvalue weighted by Gasteiger charge is -2.39. The highest BCUT2D eigenvalue weighted by atomic mass is 127. The van der Waals surface area contributed by atoms with Crippen LogP contribution in [-0.4, -0.2) is 48.3 Å². The van der Waals surface area contributed by atoms with Gasteiger partial charge in [0.2, 0.25) is 0 Å². The molecule has 210 valence electrons. The third-order valence-corrected chi connectivity index (χ3v) is 17.7. The van der Waals surface area contributed by atoms with E-state index in [1.54, 1.807) is 7.11 Å². The molecule has 5 atom stereocenters. The zero-order chi connectivity index (χ0) is 28.2. The SMILES string of the molecule is CC[Si](CC)(CC)O[C@@H]([C@H](C)[C@@H](/C=C(\C)C[C@H](/C=C/C=C/I)O[Si](C)(C)C(C)(C)C)OC)[C@H](C)C=O. The molecule has 0 bridgehead atoms. The zero-order valence-corrected chi connectivity index (χ0v) is 29.3. The third kappa shape index (κ3) is 11.4. The van der Waals surface area contributed by atoms with Gasteiger partial charge in [-0.15, -0.1) is 0 Å². The summed E-state index contributed by atoms with van der Waals surface area (Å²) in [5, 5.41) is 0.142. The van der Waals surface area contributed by atoms with E-state index in [1.165, 1.54) is 5.57 Å². The summed E-state index contributed by atoms with van der Waals surface area (Å²) < 4.78 is 21.6. The lowest BCUT2D eigenvalue weighted by Crippen LogP contribution is -2.47. The number of rotatable bonds is 17. The van der Waals surface area contributed by atoms with Crippen LogP contribution in [0, 0.1) is 11.8 Å². The van der Waals surface area contributed by atoms with Crippen molar-refractivity contribution in [2.45, 2.75) is 123 Å². The van der Waals surface area contributed by atoms with E-state index >= 15 is 0 Å². The molecular weight excluding hydrogens is 595 g/mol. The number of hydrogen-bond donors (Lipinski definition) is 0. The zero-order valence-electron chi connectivity index (χ0n) is 25.2. The average molecular weight is 651 g/mol. The monoisotopic (exact) mass is 650 g/mol. The first-order chi connectivity index (χ1) is 16.7. The van der Waals surface area contributed by atoms with Crippen LogP contribution in [0.15, 0.2) is 34.0 Å². The largest absolute Gasteiger partial charge is 0.413 e. The summed E-state index contributed by atoms with van der Waals surface area (Å²) >= 11 is 2.23. The van der Waals surface area contributed by atoms with Gasteiger partial charge in [0.1, 0.15) is 6.29 Å². The minimum atomic E-state index is -1.93. The Bertz CT molecular complexity index is 715. The summed E-state index contributed by atoms with van der Waals surface area (Å²) in [6.45, 7) is 24.4. The Labute approximate surface area is 239 Å². The number of carbonyl (C=O) groups is 1. The van der Waals surface area contributed by atoms with Gasteiger partial charge in [0.15, 0.2) is 16.6 Å². The highest BCUT2D eigenvalue weighted by Gasteiger charge is 2.40. The van der Waals surface area contributed by atoms with E-state index in [-0.39, 0.29) is 35.2 Å². The third-order valence-electron chi connectivity index (χ3n) is 8.09. The van der Waals surface area contributed by atoms with Gasteiger partial charge in [0, 0.05) is 18.9 Å². The lowest BCUT2D eigenvalue weighted by molar-refractivity contribution is -0.115. The molecule has 0 rings (SSSR count). The van der Waals surface area contributed by atoms with E-state index in [9.17, 15) is 4.79 Å². The molecule has 0 aromatic carbocycles. The quantitative estimate of drug-likeness (QED) is 0.0518. The molecule has 4 nitrogen and oxygen atoms in total. The van der Waals surface area contributed by atoms with E-state index in [2.05, 4.69) is 109 Å². The fourth-order valence-corrected chi connectivity index (χ4v) is 8.80. The molecule has 0 aliphatic heterocycles. The van der Waals surface area contributed by atoms with Crippen LogP contribution in [0.3, 0.4) is 0 Å². The molecule has 0 saturated heterocycles. The second kappa shape index (κ2) is 16.8. The Morgan fingerprint density at radius 1 is 1.00 bits per heavy atom. The van der Waals surface area contributed by atoms with E-state index < -0.39 is 16.6 Å². The second-order valence-electron chi connectivity index (χ2n) is 11.7. The van der Waals surface area contributed by atoms with Crippen molar-refractivity contribution in [3.8, 4) is 0 Å². The van der Waals surface area contributed by atoms with Crippen LogP contribution in [-0.2, 0) is 18.4 Å². The van der Waals surface area contributed by atoms with Gasteiger partial charge >= 0.3 is 0 Å². The number of ether oxygens (including phenoxy) is 1. The molecule has 0 aliphatic carbocycles. The second-order valence-corrected chi connectivity index (χ2v) is 21.9. The molecule has 0 aromatic rings. The summed E-state index contributed by atoms with van der Waals surface area (Å²) in [6, 6.07) is 3.18. The lowest BCUT2D eigenvalue weighted by atomic mass is 9.88. The number of carbonyl (C=O) groups excluding carboxylic acids is 1. The molecular formula is C29H55IO4Si2. The predicted octanol–water partition coefficient (Wildman–Crippen LogP) is 9.09. The van der Waals surface area contributed by atoms with Crippen molar-refractivity contribution in [3.63, 3.8) is 0 Å². The van der Waals surface area contributed by atoms with E-state index in [0.717, 1.165) is 30.8 Å². The standard InChI is InChI=1S/C29H55IO4Si2/c1-13-36(14-2,15-3)34-28(24(5)22-31)25(6)27(32-10)21-23(4)20-26(18-16-17-19-30)33-35(11,12)29(7,8)9/h16-19,21-22,24-28H,13-15,20H2,1-12H3/b18-16+,19-17+,23-21+/t24-,25-,26+,27-,28-/m1/s1. The molecule has 0 fully saturated rings. The van der Waals surface area contributed by atoms with Gasteiger partial charge in [-0.25, -0.2) is 0 Å². The molecule has 36 heavy (non-hydrogen) atoms. The molecule has 0 aliphatic rings. The number of allylic oxidation sites excluding steroid dienone is 2. The smallest absolute Gasteiger partial charge is 0.192 e. The molecule has 0 radical (unpaired) electrons. The summed E-state index contributed by atoms with van der Waals surface area (Å²) in [4.78, 5) is 11.9. The average Bonchev–Trinajstić information content (AvgIpc) is 2.82. The van der Waals surface area contributed by atoms with Crippen molar-refractivity contribution in [2.24, 2.45) is 11.8 Å². The fourth-order valence-electron chi connectivity index (χ4n) is 4.28. The van der Waals surface area contributed by atoms with Crippen LogP contribution < -0.4 is 0 Å². The van der Waals surface area contributed by atoms with Crippen LogP contribution in [0.1, 0.15) is 68.7 Å². The molecule has 0 heterocycles. The fraction of sp³-hybridized carbons (Fsp3) is 0.759. The van der Waals surface area contributed by atoms with Crippen LogP contribution in [0.25, 0.3) is 0 Å². The maximum absolute atomic E-state index is 11.9. The minimum Gasteiger partial charge on any atom is -0.413 e. The van der Waals surface area contributed by atoms with Gasteiger partial charge < -0.3 is 18.4 Å². The van der Waals surface area contributed by atoms with Gasteiger partial charge in [0.25, 0.3) is 0 Å². The molecule has 0 saturated carbocycles. The minimum absolute atomic E-state index is 0.00355. The van der Waals surface area contributed by atoms with Crippen LogP contribution >= 0.6 is 22.6 Å². The number of methoxy groups -OCH3 is 1. The number of hydrogen-bond acceptors (Lipinski definition) is 4. The van der Waals surface area contributed by atoms with E-state index in [0.29, 0.717) is 0 Å². The van der Waals surface area contributed by atoms with Crippen LogP contribution in [0.2, 0.25) is 36.3 Å². The molecule has 7 heteroatoms. The normalized spacial score (nSPS) is 18.4. The van der Waals surface area contributed by atoms with E-state index in [4.69, 9.17) is 13.6 Å². The van der Waals surface area contributed by atoms with Crippen molar-refractivity contribution in [1.82, 2.24) is 0 Å². The first-order valence-corrected chi connectivity index (χ1v) is 20.3. The number of halogens is 1. The number of aldehydes is 1. The summed E-state index contributed by atoms with van der Waals surface area (Å²) in [6.07, 6.45) is 10.1. The maximum atomic E-state index is 11.9. The Kier molecular flexibility index (Phi) is 16.8. The molecule has 0 N–H and O–H groups in total. The maximum Gasteiger partial charge on any atom is 0.192 e. The summed E-state index contributed by atoms with van der Waals surface area (Å²) in [5.41, 5.74) is 1.23. The van der Waals surface area contributed by atoms with Gasteiger partial charge in [-0.05, 0) is 53.7 Å². The molecule has 0 unspecified atom stereocenters. The molecule has 0 spiro atoms. The van der Waals surface area contributed by atoms with Crippen molar-refractivity contribution >= 4 is 45.5 Å². The highest BCUT2D eigenvalue weighted by molar-refractivity contribution is 14.1. The molecule has 0 amide bonds. The molecule has 0 aromatic heterocycles. The van der Waals surface area contributed by atoms with Crippen molar-refractivity contribution < 1.29 is 18.4 Å². The van der Waals surface area contributed by atoms with Crippen molar-refractivity contribution in [2.75, 3.05) is 7.11 Å².